The molecule has 6 nitrogen and oxygen atoms in total. The number of hydrogen-bond donors (Lipinski definition) is 0. The maximum Gasteiger partial charge on any atom is 0.306 e. The average Bonchev–Trinajstić information content (AvgIpc) is 3.40. The predicted molar refractivity (Wildman–Crippen MR) is 321 cm³/mol. The first-order valence-corrected chi connectivity index (χ1v) is 31.9. The Balaban J connectivity index is 4.38. The maximum absolute atomic E-state index is 12.9. The van der Waals surface area contributed by atoms with E-state index in [4.69, 9.17) is 14.2 Å². The van der Waals surface area contributed by atoms with E-state index in [1.54, 1.807) is 0 Å². The summed E-state index contributed by atoms with van der Waals surface area (Å²) in [5.74, 6) is -0.901. The molecule has 0 N–H and O–H groups in total. The summed E-state index contributed by atoms with van der Waals surface area (Å²) in [6.45, 7) is 6.60. The Morgan fingerprint density at radius 1 is 0.270 bits per heavy atom. The van der Waals surface area contributed by atoms with Gasteiger partial charge in [0.15, 0.2) is 6.10 Å². The van der Waals surface area contributed by atoms with Crippen molar-refractivity contribution in [1.29, 1.82) is 0 Å². The minimum absolute atomic E-state index is 0.0867. The van der Waals surface area contributed by atoms with Crippen molar-refractivity contribution in [1.82, 2.24) is 0 Å². The molecule has 0 radical (unpaired) electrons. The highest BCUT2D eigenvalue weighted by Gasteiger charge is 2.19. The van der Waals surface area contributed by atoms with Gasteiger partial charge in [0.25, 0.3) is 0 Å². The van der Waals surface area contributed by atoms with Gasteiger partial charge in [-0.15, -0.1) is 0 Å². The van der Waals surface area contributed by atoms with Gasteiger partial charge in [-0.2, -0.15) is 0 Å². The minimum Gasteiger partial charge on any atom is -0.462 e. The summed E-state index contributed by atoms with van der Waals surface area (Å²) in [5, 5.41) is 0. The van der Waals surface area contributed by atoms with E-state index in [2.05, 4.69) is 93.7 Å². The molecule has 0 rings (SSSR count). The summed E-state index contributed by atoms with van der Waals surface area (Å²) >= 11 is 0. The zero-order valence-electron chi connectivity index (χ0n) is 49.1. The highest BCUT2D eigenvalue weighted by Crippen LogP contribution is 2.16. The second-order valence-corrected chi connectivity index (χ2v) is 21.3. The van der Waals surface area contributed by atoms with Gasteiger partial charge in [0.05, 0.1) is 0 Å². The van der Waals surface area contributed by atoms with Crippen LogP contribution in [0.15, 0.2) is 72.9 Å². The first kappa shape index (κ1) is 70.8. The third-order valence-electron chi connectivity index (χ3n) is 13.9. The van der Waals surface area contributed by atoms with Crippen LogP contribution in [0.5, 0.6) is 0 Å². The lowest BCUT2D eigenvalue weighted by molar-refractivity contribution is -0.167. The third kappa shape index (κ3) is 59.7. The summed E-state index contributed by atoms with van der Waals surface area (Å²) in [4.78, 5) is 38.3. The molecule has 0 saturated heterocycles. The highest BCUT2D eigenvalue weighted by atomic mass is 16.6. The largest absolute Gasteiger partial charge is 0.462 e. The van der Waals surface area contributed by atoms with E-state index < -0.39 is 6.10 Å². The average molecular weight is 1030 g/mol. The quantitative estimate of drug-likeness (QED) is 0.0261. The van der Waals surface area contributed by atoms with Gasteiger partial charge < -0.3 is 14.2 Å². The van der Waals surface area contributed by atoms with Gasteiger partial charge in [0, 0.05) is 19.3 Å². The van der Waals surface area contributed by atoms with Crippen LogP contribution in [-0.4, -0.2) is 37.2 Å². The molecule has 0 aromatic carbocycles. The van der Waals surface area contributed by atoms with E-state index in [9.17, 15) is 14.4 Å². The summed E-state index contributed by atoms with van der Waals surface area (Å²) in [6.07, 6.45) is 80.4. The monoisotopic (exact) mass is 1030 g/mol. The van der Waals surface area contributed by atoms with Crippen molar-refractivity contribution in [3.63, 3.8) is 0 Å². The van der Waals surface area contributed by atoms with Crippen LogP contribution >= 0.6 is 0 Å². The molecule has 428 valence electrons. The fraction of sp³-hybridized carbons (Fsp3) is 0.779. The Morgan fingerprint density at radius 3 is 0.811 bits per heavy atom. The number of esters is 3. The van der Waals surface area contributed by atoms with Crippen molar-refractivity contribution in [2.75, 3.05) is 13.2 Å². The molecule has 0 heterocycles. The predicted octanol–water partition coefficient (Wildman–Crippen LogP) is 21.7. The smallest absolute Gasteiger partial charge is 0.306 e. The first-order valence-electron chi connectivity index (χ1n) is 31.9. The van der Waals surface area contributed by atoms with Crippen molar-refractivity contribution in [2.24, 2.45) is 0 Å². The number of carbonyl (C=O) groups excluding carboxylic acids is 3. The molecular weight excluding hydrogens is 913 g/mol. The molecule has 0 aromatic heterocycles. The summed E-state index contributed by atoms with van der Waals surface area (Å²) in [7, 11) is 0. The van der Waals surface area contributed by atoms with Crippen molar-refractivity contribution >= 4 is 17.9 Å². The van der Waals surface area contributed by atoms with E-state index in [0.717, 1.165) is 96.3 Å². The Morgan fingerprint density at radius 2 is 0.500 bits per heavy atom. The minimum atomic E-state index is -0.789. The van der Waals surface area contributed by atoms with Gasteiger partial charge in [-0.05, 0) is 109 Å². The van der Waals surface area contributed by atoms with E-state index in [1.807, 2.05) is 0 Å². The zero-order chi connectivity index (χ0) is 53.6. The maximum atomic E-state index is 12.9. The van der Waals surface area contributed by atoms with E-state index in [1.165, 1.54) is 186 Å². The topological polar surface area (TPSA) is 78.9 Å². The van der Waals surface area contributed by atoms with Gasteiger partial charge in [-0.1, -0.05) is 267 Å². The van der Waals surface area contributed by atoms with Crippen molar-refractivity contribution in [3.05, 3.63) is 72.9 Å². The molecule has 0 spiro atoms. The Hall–Kier alpha value is -3.15. The lowest BCUT2D eigenvalue weighted by atomic mass is 10.1. The molecular formula is C68H120O6. The first-order chi connectivity index (χ1) is 36.5. The van der Waals surface area contributed by atoms with Crippen LogP contribution in [0.2, 0.25) is 0 Å². The molecule has 6 heteroatoms. The molecule has 1 atom stereocenters. The molecule has 1 unspecified atom stereocenters. The lowest BCUT2D eigenvalue weighted by Gasteiger charge is -2.18. The van der Waals surface area contributed by atoms with E-state index >= 15 is 0 Å². The second kappa shape index (κ2) is 62.4. The van der Waals surface area contributed by atoms with Crippen molar-refractivity contribution < 1.29 is 28.6 Å². The second-order valence-electron chi connectivity index (χ2n) is 21.3. The van der Waals surface area contributed by atoms with Crippen LogP contribution < -0.4 is 0 Å². The standard InChI is InChI=1S/C68H120O6/c1-4-7-10-13-16-19-22-25-28-30-32-34-36-38-40-43-46-49-52-55-58-61-67(70)73-64-65(63-72-66(69)60-57-54-51-48-45-42-27-24-21-18-15-12-9-6-3)74-68(71)62-59-56-53-50-47-44-41-39-37-35-33-31-29-26-23-20-17-14-11-8-5-2/h15,18,22,24-25,27,30-33,36,38,65H,4-14,16-17,19-21,23,26,28-29,34-35,37,39-64H2,1-3H3/b18-15-,25-22-,27-24-,32-30-,33-31-,38-36-. The van der Waals surface area contributed by atoms with Crippen LogP contribution in [0.4, 0.5) is 0 Å². The molecule has 0 aromatic rings. The van der Waals surface area contributed by atoms with Gasteiger partial charge in [0.2, 0.25) is 0 Å². The van der Waals surface area contributed by atoms with Crippen molar-refractivity contribution in [3.8, 4) is 0 Å². The van der Waals surface area contributed by atoms with Crippen molar-refractivity contribution in [2.45, 2.75) is 329 Å². The fourth-order valence-corrected chi connectivity index (χ4v) is 9.05. The number of ether oxygens (including phenoxy) is 3. The molecule has 0 fully saturated rings. The van der Waals surface area contributed by atoms with Crippen LogP contribution in [0.3, 0.4) is 0 Å². The van der Waals surface area contributed by atoms with Gasteiger partial charge in [0.1, 0.15) is 13.2 Å². The summed E-state index contributed by atoms with van der Waals surface area (Å²) < 4.78 is 16.9. The molecule has 0 aliphatic carbocycles. The molecule has 0 aliphatic heterocycles. The van der Waals surface area contributed by atoms with Crippen LogP contribution in [-0.2, 0) is 28.6 Å². The molecule has 0 amide bonds. The Kier molecular flexibility index (Phi) is 59.7. The molecule has 74 heavy (non-hydrogen) atoms. The summed E-state index contributed by atoms with van der Waals surface area (Å²) in [6, 6.07) is 0. The number of allylic oxidation sites excluding steroid dienone is 12. The van der Waals surface area contributed by atoms with E-state index in [0.29, 0.717) is 19.3 Å². The van der Waals surface area contributed by atoms with Crippen LogP contribution in [0.1, 0.15) is 323 Å². The van der Waals surface area contributed by atoms with Gasteiger partial charge in [-0.3, -0.25) is 14.4 Å². The Bertz CT molecular complexity index is 1370. The number of hydrogen-bond acceptors (Lipinski definition) is 6. The normalized spacial score (nSPS) is 12.5. The molecule has 0 aliphatic rings. The zero-order valence-corrected chi connectivity index (χ0v) is 49.1. The molecule has 0 bridgehead atoms. The number of carbonyl (C=O) groups is 3. The fourth-order valence-electron chi connectivity index (χ4n) is 9.05. The lowest BCUT2D eigenvalue weighted by Crippen LogP contribution is -2.30. The SMILES string of the molecule is CCCC/C=C\C/C=C\CCCCCCCC(=O)OCC(COC(=O)CCCCCCCC/C=C\C/C=C\C/C=C\CCCCCCC)OC(=O)CCCCCCCCCCC/C=C\CCCCCCCCCC. The highest BCUT2D eigenvalue weighted by molar-refractivity contribution is 5.71. The van der Waals surface area contributed by atoms with Gasteiger partial charge in [-0.25, -0.2) is 0 Å². The van der Waals surface area contributed by atoms with Crippen LogP contribution in [0, 0.1) is 0 Å². The van der Waals surface area contributed by atoms with Gasteiger partial charge >= 0.3 is 17.9 Å². The third-order valence-corrected chi connectivity index (χ3v) is 13.9. The van der Waals surface area contributed by atoms with E-state index in [-0.39, 0.29) is 31.1 Å². The Labute approximate surface area is 459 Å². The molecule has 0 saturated carbocycles. The number of rotatable bonds is 58. The van der Waals surface area contributed by atoms with Crippen LogP contribution in [0.25, 0.3) is 0 Å². The number of unbranched alkanes of at least 4 members (excludes halogenated alkanes) is 35. The summed E-state index contributed by atoms with van der Waals surface area (Å²) in [5.41, 5.74) is 0.